The van der Waals surface area contributed by atoms with E-state index >= 15 is 0 Å². The maximum Gasteiger partial charge on any atom is 0.310 e. The minimum Gasteiger partial charge on any atom is -0.466 e. The van der Waals surface area contributed by atoms with Gasteiger partial charge in [0.2, 0.25) is 0 Å². The van der Waals surface area contributed by atoms with Crippen LogP contribution in [0, 0.1) is 5.41 Å². The summed E-state index contributed by atoms with van der Waals surface area (Å²) in [6.07, 6.45) is 0.256. The molecule has 0 amide bonds. The monoisotopic (exact) mass is 206 g/mol. The normalized spacial score (nSPS) is 9.67. The van der Waals surface area contributed by atoms with Gasteiger partial charge in [0, 0.05) is 5.56 Å². The molecule has 1 rings (SSSR count). The van der Waals surface area contributed by atoms with Crippen molar-refractivity contribution in [1.82, 2.24) is 0 Å². The van der Waals surface area contributed by atoms with E-state index in [0.29, 0.717) is 12.2 Å². The van der Waals surface area contributed by atoms with Gasteiger partial charge in [0.1, 0.15) is 5.84 Å². The molecule has 1 aromatic carbocycles. The van der Waals surface area contributed by atoms with Crippen LogP contribution in [0.3, 0.4) is 0 Å². The van der Waals surface area contributed by atoms with Gasteiger partial charge in [-0.2, -0.15) is 0 Å². The number of ether oxygens (including phenoxy) is 1. The molecule has 0 aromatic heterocycles. The lowest BCUT2D eigenvalue weighted by Crippen LogP contribution is -2.11. The Kier molecular flexibility index (Phi) is 3.85. The van der Waals surface area contributed by atoms with E-state index in [1.54, 1.807) is 31.2 Å². The molecule has 0 bridgehead atoms. The van der Waals surface area contributed by atoms with Gasteiger partial charge in [0.25, 0.3) is 0 Å². The van der Waals surface area contributed by atoms with Crippen LogP contribution >= 0.6 is 0 Å². The molecule has 0 saturated heterocycles. The highest BCUT2D eigenvalue weighted by Crippen LogP contribution is 2.05. The van der Waals surface area contributed by atoms with E-state index in [-0.39, 0.29) is 18.2 Å². The molecule has 0 unspecified atom stereocenters. The van der Waals surface area contributed by atoms with Gasteiger partial charge in [-0.1, -0.05) is 24.3 Å². The van der Waals surface area contributed by atoms with Crippen molar-refractivity contribution in [2.24, 2.45) is 5.73 Å². The first-order valence-electron chi connectivity index (χ1n) is 4.72. The Balaban J connectivity index is 2.64. The Morgan fingerprint density at radius 3 is 2.47 bits per heavy atom. The highest BCUT2D eigenvalue weighted by molar-refractivity contribution is 5.94. The number of nitrogen functional groups attached to an aromatic ring is 1. The predicted octanol–water partition coefficient (Wildman–Crippen LogP) is 1.08. The second kappa shape index (κ2) is 5.14. The Bertz CT molecular complexity index is 357. The largest absolute Gasteiger partial charge is 0.466 e. The average Bonchev–Trinajstić information content (AvgIpc) is 2.18. The van der Waals surface area contributed by atoms with Crippen molar-refractivity contribution in [2.75, 3.05) is 6.61 Å². The molecule has 0 aliphatic rings. The van der Waals surface area contributed by atoms with E-state index in [0.717, 1.165) is 5.56 Å². The van der Waals surface area contributed by atoms with E-state index in [1.165, 1.54) is 0 Å². The van der Waals surface area contributed by atoms with Crippen LogP contribution in [0.1, 0.15) is 18.1 Å². The molecule has 0 aliphatic carbocycles. The van der Waals surface area contributed by atoms with Crippen LogP contribution in [-0.2, 0) is 16.0 Å². The van der Waals surface area contributed by atoms with Gasteiger partial charge in [-0.05, 0) is 12.5 Å². The van der Waals surface area contributed by atoms with Gasteiger partial charge in [0.15, 0.2) is 0 Å². The summed E-state index contributed by atoms with van der Waals surface area (Å²) < 4.78 is 4.82. The van der Waals surface area contributed by atoms with Crippen LogP contribution in [-0.4, -0.2) is 18.4 Å². The van der Waals surface area contributed by atoms with Crippen molar-refractivity contribution in [3.8, 4) is 0 Å². The number of hydrogen-bond donors (Lipinski definition) is 2. The topological polar surface area (TPSA) is 76.2 Å². The summed E-state index contributed by atoms with van der Waals surface area (Å²) in [4.78, 5) is 11.1. The molecule has 4 heteroatoms. The summed E-state index contributed by atoms with van der Waals surface area (Å²) in [6, 6.07) is 6.98. The standard InChI is InChI=1S/C11H14N2O2/c1-2-15-10(14)7-8-3-5-9(6-4-8)11(12)13/h3-6H,2,7H2,1H3,(H3,12,13). The molecule has 3 N–H and O–H groups in total. The summed E-state index contributed by atoms with van der Waals surface area (Å²) in [7, 11) is 0. The zero-order valence-corrected chi connectivity index (χ0v) is 8.62. The zero-order valence-electron chi connectivity index (χ0n) is 8.62. The number of nitrogens with one attached hydrogen (secondary N) is 1. The Hall–Kier alpha value is -1.84. The third kappa shape index (κ3) is 3.42. The smallest absolute Gasteiger partial charge is 0.310 e. The first kappa shape index (κ1) is 11.2. The van der Waals surface area contributed by atoms with Crippen molar-refractivity contribution in [2.45, 2.75) is 13.3 Å². The minimum atomic E-state index is -0.243. The maximum absolute atomic E-state index is 11.1. The summed E-state index contributed by atoms with van der Waals surface area (Å²) >= 11 is 0. The van der Waals surface area contributed by atoms with E-state index in [9.17, 15) is 4.79 Å². The molecular formula is C11H14N2O2. The van der Waals surface area contributed by atoms with Gasteiger partial charge in [-0.15, -0.1) is 0 Å². The van der Waals surface area contributed by atoms with E-state index in [1.807, 2.05) is 0 Å². The van der Waals surface area contributed by atoms with Gasteiger partial charge >= 0.3 is 5.97 Å². The van der Waals surface area contributed by atoms with Crippen molar-refractivity contribution in [1.29, 1.82) is 5.41 Å². The first-order valence-corrected chi connectivity index (χ1v) is 4.72. The number of benzene rings is 1. The number of esters is 1. The van der Waals surface area contributed by atoms with Crippen molar-refractivity contribution >= 4 is 11.8 Å². The fourth-order valence-electron chi connectivity index (χ4n) is 1.18. The van der Waals surface area contributed by atoms with Crippen molar-refractivity contribution < 1.29 is 9.53 Å². The first-order chi connectivity index (χ1) is 7.13. The lowest BCUT2D eigenvalue weighted by molar-refractivity contribution is -0.142. The molecule has 0 spiro atoms. The third-order valence-electron chi connectivity index (χ3n) is 1.92. The van der Waals surface area contributed by atoms with Gasteiger partial charge in [-0.25, -0.2) is 0 Å². The van der Waals surface area contributed by atoms with Crippen LogP contribution in [0.5, 0.6) is 0 Å². The summed E-state index contributed by atoms with van der Waals surface area (Å²) in [5.74, 6) is -0.217. The molecule has 80 valence electrons. The van der Waals surface area contributed by atoms with Gasteiger partial charge < -0.3 is 10.5 Å². The van der Waals surface area contributed by atoms with E-state index in [2.05, 4.69) is 0 Å². The highest BCUT2D eigenvalue weighted by Gasteiger charge is 2.03. The second-order valence-electron chi connectivity index (χ2n) is 3.09. The quantitative estimate of drug-likeness (QED) is 0.439. The molecule has 0 atom stereocenters. The highest BCUT2D eigenvalue weighted by atomic mass is 16.5. The summed E-state index contributed by atoms with van der Waals surface area (Å²) in [6.45, 7) is 2.17. The molecule has 0 aliphatic heterocycles. The molecule has 0 radical (unpaired) electrons. The Labute approximate surface area is 88.6 Å². The van der Waals surface area contributed by atoms with Gasteiger partial charge in [0.05, 0.1) is 13.0 Å². The van der Waals surface area contributed by atoms with Crippen LogP contribution < -0.4 is 5.73 Å². The number of amidine groups is 1. The van der Waals surface area contributed by atoms with Gasteiger partial charge in [-0.3, -0.25) is 10.2 Å². The van der Waals surface area contributed by atoms with Crippen LogP contribution in [0.15, 0.2) is 24.3 Å². The number of hydrogen-bond acceptors (Lipinski definition) is 3. The van der Waals surface area contributed by atoms with Crippen LogP contribution in [0.4, 0.5) is 0 Å². The number of carbonyl (C=O) groups is 1. The lowest BCUT2D eigenvalue weighted by atomic mass is 10.1. The fourth-order valence-corrected chi connectivity index (χ4v) is 1.18. The van der Waals surface area contributed by atoms with E-state index < -0.39 is 0 Å². The van der Waals surface area contributed by atoms with Crippen molar-refractivity contribution in [3.63, 3.8) is 0 Å². The molecule has 1 aromatic rings. The maximum atomic E-state index is 11.1. The third-order valence-corrected chi connectivity index (χ3v) is 1.92. The molecule has 0 saturated carbocycles. The van der Waals surface area contributed by atoms with Crippen molar-refractivity contribution in [3.05, 3.63) is 35.4 Å². The SMILES string of the molecule is CCOC(=O)Cc1ccc(C(=N)N)cc1. The Morgan fingerprint density at radius 2 is 2.00 bits per heavy atom. The van der Waals surface area contributed by atoms with Crippen LogP contribution in [0.25, 0.3) is 0 Å². The number of rotatable bonds is 4. The molecule has 0 heterocycles. The average molecular weight is 206 g/mol. The summed E-state index contributed by atoms with van der Waals surface area (Å²) in [5.41, 5.74) is 6.82. The molecule has 15 heavy (non-hydrogen) atoms. The second-order valence-corrected chi connectivity index (χ2v) is 3.09. The molecular weight excluding hydrogens is 192 g/mol. The minimum absolute atomic E-state index is 0.0256. The molecule has 4 nitrogen and oxygen atoms in total. The zero-order chi connectivity index (χ0) is 11.3. The van der Waals surface area contributed by atoms with E-state index in [4.69, 9.17) is 15.9 Å². The lowest BCUT2D eigenvalue weighted by Gasteiger charge is -2.03. The predicted molar refractivity (Wildman–Crippen MR) is 57.8 cm³/mol. The Morgan fingerprint density at radius 1 is 1.40 bits per heavy atom. The fraction of sp³-hybridized carbons (Fsp3) is 0.273. The van der Waals surface area contributed by atoms with Crippen LogP contribution in [0.2, 0.25) is 0 Å². The summed E-state index contributed by atoms with van der Waals surface area (Å²) in [5, 5.41) is 7.20. The number of nitrogens with two attached hydrogens (primary N) is 1. The molecule has 0 fully saturated rings. The number of carbonyl (C=O) groups excluding carboxylic acids is 1.